The van der Waals surface area contributed by atoms with Crippen LogP contribution in [0.2, 0.25) is 0 Å². The molecule has 0 aliphatic rings. The predicted octanol–water partition coefficient (Wildman–Crippen LogP) is -2.98. The molecule has 0 rings (SSSR count). The number of carboxylic acid groups (broad SMARTS) is 1. The molecule has 0 fully saturated rings. The van der Waals surface area contributed by atoms with Gasteiger partial charge in [0.05, 0.1) is 5.75 Å². The minimum atomic E-state index is -0.881. The number of carboxylic acids is 1. The smallest absolute Gasteiger partial charge is 0.696 e. The van der Waals surface area contributed by atoms with Crippen molar-refractivity contribution in [3.05, 3.63) is 0 Å². The molecule has 0 aliphatic carbocycles. The van der Waals surface area contributed by atoms with E-state index in [4.69, 9.17) is 10.4 Å². The van der Waals surface area contributed by atoms with E-state index in [9.17, 15) is 4.79 Å². The summed E-state index contributed by atoms with van der Waals surface area (Å²) >= 11 is 7.11. The molecule has 0 aromatic carbocycles. The fourth-order valence-corrected chi connectivity index (χ4v) is 0. The summed E-state index contributed by atoms with van der Waals surface area (Å²) < 4.78 is 0. The summed E-state index contributed by atoms with van der Waals surface area (Å²) in [6.07, 6.45) is 0. The summed E-state index contributed by atoms with van der Waals surface area (Å²) in [4.78, 5) is 9.29. The van der Waals surface area contributed by atoms with Gasteiger partial charge in [0, 0.05) is 0 Å². The van der Waals surface area contributed by atoms with Gasteiger partial charge in [0.2, 0.25) is 0 Å². The van der Waals surface area contributed by atoms with E-state index in [0.29, 0.717) is 0 Å². The number of aliphatic carboxylic acids is 1. The molecule has 0 saturated carbocycles. The number of thiocyanates is 1. The standard InChI is InChI=1S/C2H4O2S.CHNS.K/c3-2(4)1-5;2-1-3;/h5H,1H2,(H,3,4);3H;/q;;+1/p-1. The molecule has 9 heavy (non-hydrogen) atoms. The van der Waals surface area contributed by atoms with Crippen molar-refractivity contribution in [1.82, 2.24) is 0 Å². The van der Waals surface area contributed by atoms with Crippen LogP contribution in [0.1, 0.15) is 0 Å². The molecule has 0 amide bonds. The molecule has 0 aliphatic heterocycles. The second kappa shape index (κ2) is 16.1. The molecule has 0 atom stereocenters. The first-order valence-corrected chi connectivity index (χ1v) is 2.57. The summed E-state index contributed by atoms with van der Waals surface area (Å²) in [7, 11) is 0. The molecule has 0 aromatic heterocycles. The largest absolute Gasteiger partial charge is 1.00 e. The SMILES string of the molecule is N#C[S-].O=C(O)CS.[K+]. The molecular weight excluding hydrogens is 185 g/mol. The monoisotopic (exact) mass is 189 g/mol. The number of rotatable bonds is 1. The first kappa shape index (κ1) is 16.6. The average Bonchev–Trinajstić information content (AvgIpc) is 1.69. The van der Waals surface area contributed by atoms with Crippen molar-refractivity contribution >= 4 is 31.2 Å². The first-order chi connectivity index (χ1) is 3.68. The van der Waals surface area contributed by atoms with Gasteiger partial charge in [-0.1, -0.05) is 5.40 Å². The van der Waals surface area contributed by atoms with Crippen LogP contribution in [0, 0.1) is 10.7 Å². The Bertz CT molecular complexity index is 102. The van der Waals surface area contributed by atoms with Gasteiger partial charge in [-0.25, -0.2) is 5.26 Å². The third-order valence-corrected chi connectivity index (χ3v) is 0.406. The number of nitriles is 1. The van der Waals surface area contributed by atoms with Crippen LogP contribution in [0.3, 0.4) is 0 Å². The molecule has 1 N–H and O–H groups in total. The second-order valence-corrected chi connectivity index (χ2v) is 1.14. The van der Waals surface area contributed by atoms with Crippen LogP contribution in [-0.2, 0) is 17.4 Å². The molecule has 0 bridgehead atoms. The Kier molecular flexibility index (Phi) is 29.7. The summed E-state index contributed by atoms with van der Waals surface area (Å²) in [5.74, 6) is -0.965. The van der Waals surface area contributed by atoms with Crippen LogP contribution in [0.4, 0.5) is 0 Å². The van der Waals surface area contributed by atoms with E-state index < -0.39 is 5.97 Å². The topological polar surface area (TPSA) is 61.1 Å². The summed E-state index contributed by atoms with van der Waals surface area (Å²) in [5.41, 5.74) is 0. The third kappa shape index (κ3) is 47.0. The summed E-state index contributed by atoms with van der Waals surface area (Å²) in [6, 6.07) is 0. The normalized spacial score (nSPS) is 4.89. The van der Waals surface area contributed by atoms with Crippen molar-refractivity contribution in [2.45, 2.75) is 0 Å². The van der Waals surface area contributed by atoms with Crippen LogP contribution in [0.15, 0.2) is 0 Å². The Hall–Kier alpha value is 1.17. The van der Waals surface area contributed by atoms with Crippen molar-refractivity contribution in [3.63, 3.8) is 0 Å². The molecule has 0 radical (unpaired) electrons. The average molecular weight is 189 g/mol. The number of hydrogen-bond donors (Lipinski definition) is 2. The predicted molar refractivity (Wildman–Crippen MR) is 34.5 cm³/mol. The fourth-order valence-electron chi connectivity index (χ4n) is 0. The molecule has 6 heteroatoms. The summed E-state index contributed by atoms with van der Waals surface area (Å²) in [5, 5.41) is 16.1. The number of thiol groups is 1. The van der Waals surface area contributed by atoms with E-state index in [1.807, 2.05) is 0 Å². The van der Waals surface area contributed by atoms with Gasteiger partial charge in [0.1, 0.15) is 0 Å². The van der Waals surface area contributed by atoms with E-state index in [1.54, 1.807) is 0 Å². The Labute approximate surface area is 107 Å². The Morgan fingerprint density at radius 2 is 2.00 bits per heavy atom. The van der Waals surface area contributed by atoms with Crippen molar-refractivity contribution in [1.29, 1.82) is 5.26 Å². The van der Waals surface area contributed by atoms with E-state index >= 15 is 0 Å². The van der Waals surface area contributed by atoms with Gasteiger partial charge in [0.25, 0.3) is 0 Å². The quantitative estimate of drug-likeness (QED) is 0.200. The number of hydrogen-bond acceptors (Lipinski definition) is 4. The number of nitrogens with zero attached hydrogens (tertiary/aromatic N) is 1. The van der Waals surface area contributed by atoms with Crippen LogP contribution in [-0.4, -0.2) is 16.8 Å². The van der Waals surface area contributed by atoms with Crippen molar-refractivity contribution in [2.75, 3.05) is 5.75 Å². The molecule has 0 unspecified atom stereocenters. The van der Waals surface area contributed by atoms with Crippen LogP contribution in [0.25, 0.3) is 0 Å². The molecule has 0 spiro atoms. The maximum Gasteiger partial charge on any atom is 1.00 e. The van der Waals surface area contributed by atoms with Crippen molar-refractivity contribution in [2.24, 2.45) is 0 Å². The van der Waals surface area contributed by atoms with E-state index in [0.717, 1.165) is 0 Å². The fraction of sp³-hybridized carbons (Fsp3) is 0.333. The molecule has 0 aromatic rings. The van der Waals surface area contributed by atoms with E-state index in [-0.39, 0.29) is 57.1 Å². The van der Waals surface area contributed by atoms with Gasteiger partial charge < -0.3 is 17.7 Å². The van der Waals surface area contributed by atoms with Gasteiger partial charge in [0.15, 0.2) is 0 Å². The second-order valence-electron chi connectivity index (χ2n) is 0.643. The zero-order chi connectivity index (χ0) is 6.99. The Morgan fingerprint density at radius 3 is 2.00 bits per heavy atom. The maximum atomic E-state index is 9.29. The third-order valence-electron chi connectivity index (χ3n) is 0.135. The molecule has 0 heterocycles. The van der Waals surface area contributed by atoms with Gasteiger partial charge in [-0.05, 0) is 0 Å². The Morgan fingerprint density at radius 1 is 1.89 bits per heavy atom. The minimum absolute atomic E-state index is 0. The number of carbonyl (C=O) groups is 1. The van der Waals surface area contributed by atoms with E-state index in [1.165, 1.54) is 5.40 Å². The molecule has 3 nitrogen and oxygen atoms in total. The van der Waals surface area contributed by atoms with Crippen LogP contribution < -0.4 is 51.4 Å². The van der Waals surface area contributed by atoms with Gasteiger partial charge in [-0.3, -0.25) is 4.79 Å². The molecule has 46 valence electrons. The maximum absolute atomic E-state index is 9.29. The Balaban J connectivity index is -0.0000000800. The molecule has 0 saturated heterocycles. The first-order valence-electron chi connectivity index (χ1n) is 1.53. The van der Waals surface area contributed by atoms with Crippen LogP contribution >= 0.6 is 12.6 Å². The van der Waals surface area contributed by atoms with Crippen molar-refractivity contribution in [3.8, 4) is 5.40 Å². The van der Waals surface area contributed by atoms with Gasteiger partial charge in [-0.2, -0.15) is 12.6 Å². The zero-order valence-corrected chi connectivity index (χ0v) is 9.70. The zero-order valence-electron chi connectivity index (χ0n) is 4.87. The van der Waals surface area contributed by atoms with Crippen molar-refractivity contribution < 1.29 is 61.3 Å². The molecular formula is C3H4KNO2S2. The minimum Gasteiger partial charge on any atom is -0.696 e. The summed E-state index contributed by atoms with van der Waals surface area (Å²) in [6.45, 7) is 0. The van der Waals surface area contributed by atoms with Gasteiger partial charge in [-0.15, -0.1) is 0 Å². The van der Waals surface area contributed by atoms with E-state index in [2.05, 4.69) is 25.3 Å². The van der Waals surface area contributed by atoms with Crippen LogP contribution in [0.5, 0.6) is 0 Å². The van der Waals surface area contributed by atoms with Gasteiger partial charge >= 0.3 is 57.4 Å².